The predicted molar refractivity (Wildman–Crippen MR) is 126 cm³/mol. The van der Waals surface area contributed by atoms with Crippen LogP contribution in [0.15, 0.2) is 48.5 Å². The van der Waals surface area contributed by atoms with Crippen molar-refractivity contribution in [2.45, 2.75) is 26.7 Å². The molecule has 1 aliphatic heterocycles. The van der Waals surface area contributed by atoms with Gasteiger partial charge in [0.25, 0.3) is 0 Å². The molecule has 0 amide bonds. The first-order chi connectivity index (χ1) is 15.7. The lowest BCUT2D eigenvalue weighted by Crippen LogP contribution is -2.47. The maximum absolute atomic E-state index is 13.1. The zero-order valence-corrected chi connectivity index (χ0v) is 18.7. The second-order valence-electron chi connectivity index (χ2n) is 8.41. The molecule has 0 bridgehead atoms. The van der Waals surface area contributed by atoms with Crippen LogP contribution in [0.2, 0.25) is 0 Å². The summed E-state index contributed by atoms with van der Waals surface area (Å²) in [6.07, 6.45) is 1.66. The van der Waals surface area contributed by atoms with Gasteiger partial charge < -0.3 is 14.5 Å². The molecule has 1 aromatic heterocycles. The number of anilines is 2. The number of esters is 1. The highest BCUT2D eigenvalue weighted by Gasteiger charge is 2.31. The molecule has 3 aromatic rings. The van der Waals surface area contributed by atoms with E-state index in [1.165, 1.54) is 16.8 Å². The Kier molecular flexibility index (Phi) is 5.52. The van der Waals surface area contributed by atoms with Crippen LogP contribution in [0.25, 0.3) is 11.3 Å². The highest BCUT2D eigenvalue weighted by atomic mass is 16.5. The third kappa shape index (κ3) is 3.70. The molecule has 2 aromatic carbocycles. The number of hydrogen-bond acceptors (Lipinski definition) is 6. The molecule has 0 saturated carbocycles. The maximum Gasteiger partial charge on any atom is 0.342 e. The summed E-state index contributed by atoms with van der Waals surface area (Å²) in [4.78, 5) is 17.6. The van der Waals surface area contributed by atoms with Crippen molar-refractivity contribution < 1.29 is 9.53 Å². The molecule has 6 heteroatoms. The van der Waals surface area contributed by atoms with E-state index in [2.05, 4.69) is 63.3 Å². The number of hydrogen-bond donors (Lipinski definition) is 0. The van der Waals surface area contributed by atoms with Gasteiger partial charge in [-0.15, -0.1) is 10.2 Å². The van der Waals surface area contributed by atoms with E-state index in [1.807, 2.05) is 19.1 Å². The zero-order valence-electron chi connectivity index (χ0n) is 18.7. The fourth-order valence-corrected chi connectivity index (χ4v) is 4.72. The lowest BCUT2D eigenvalue weighted by molar-refractivity contribution is 0.0525. The van der Waals surface area contributed by atoms with Crippen molar-refractivity contribution in [1.82, 2.24) is 10.2 Å². The Morgan fingerprint density at radius 1 is 0.938 bits per heavy atom. The highest BCUT2D eigenvalue weighted by Crippen LogP contribution is 2.36. The summed E-state index contributed by atoms with van der Waals surface area (Å²) in [5, 5.41) is 9.20. The van der Waals surface area contributed by atoms with Gasteiger partial charge in [-0.05, 0) is 49.9 Å². The molecule has 5 rings (SSSR count). The monoisotopic (exact) mass is 428 g/mol. The van der Waals surface area contributed by atoms with E-state index in [4.69, 9.17) is 4.74 Å². The minimum Gasteiger partial charge on any atom is -0.462 e. The number of benzene rings is 2. The van der Waals surface area contributed by atoms with Crippen LogP contribution in [0.1, 0.15) is 34.0 Å². The van der Waals surface area contributed by atoms with E-state index in [0.29, 0.717) is 18.0 Å². The van der Waals surface area contributed by atoms with Crippen LogP contribution < -0.4 is 9.80 Å². The van der Waals surface area contributed by atoms with Crippen LogP contribution in [-0.4, -0.2) is 49.0 Å². The van der Waals surface area contributed by atoms with Gasteiger partial charge >= 0.3 is 5.97 Å². The van der Waals surface area contributed by atoms with E-state index < -0.39 is 0 Å². The van der Waals surface area contributed by atoms with Crippen LogP contribution in [0.3, 0.4) is 0 Å². The minimum atomic E-state index is -0.297. The van der Waals surface area contributed by atoms with Crippen molar-refractivity contribution in [1.29, 1.82) is 0 Å². The Bertz CT molecular complexity index is 1140. The first kappa shape index (κ1) is 20.5. The van der Waals surface area contributed by atoms with E-state index in [-0.39, 0.29) is 5.97 Å². The molecule has 2 heterocycles. The molecule has 1 aliphatic carbocycles. The molecular formula is C26H28N4O2. The second-order valence-corrected chi connectivity index (χ2v) is 8.41. The van der Waals surface area contributed by atoms with Crippen molar-refractivity contribution in [3.05, 3.63) is 70.8 Å². The van der Waals surface area contributed by atoms with E-state index in [1.54, 1.807) is 0 Å². The average Bonchev–Trinajstić information content (AvgIpc) is 2.84. The second kappa shape index (κ2) is 8.61. The van der Waals surface area contributed by atoms with Crippen LogP contribution in [0.4, 0.5) is 11.5 Å². The van der Waals surface area contributed by atoms with Crippen molar-refractivity contribution in [2.24, 2.45) is 0 Å². The van der Waals surface area contributed by atoms with Crippen LogP contribution >= 0.6 is 0 Å². The Hall–Kier alpha value is -3.41. The number of aromatic nitrogens is 2. The molecule has 0 N–H and O–H groups in total. The first-order valence-corrected chi connectivity index (χ1v) is 11.4. The average molecular weight is 429 g/mol. The van der Waals surface area contributed by atoms with Crippen molar-refractivity contribution >= 4 is 17.5 Å². The molecule has 164 valence electrons. The third-order valence-electron chi connectivity index (χ3n) is 6.43. The van der Waals surface area contributed by atoms with Gasteiger partial charge in [-0.25, -0.2) is 4.79 Å². The van der Waals surface area contributed by atoms with Gasteiger partial charge in [0.15, 0.2) is 5.82 Å². The molecule has 1 saturated heterocycles. The van der Waals surface area contributed by atoms with Crippen LogP contribution in [-0.2, 0) is 17.6 Å². The van der Waals surface area contributed by atoms with Crippen LogP contribution in [0, 0.1) is 6.92 Å². The maximum atomic E-state index is 13.1. The summed E-state index contributed by atoms with van der Waals surface area (Å²) < 4.78 is 5.47. The summed E-state index contributed by atoms with van der Waals surface area (Å²) in [5.74, 6) is 0.360. The molecular weight excluding hydrogens is 400 g/mol. The molecule has 2 aliphatic rings. The largest absolute Gasteiger partial charge is 0.462 e. The quantitative estimate of drug-likeness (QED) is 0.584. The van der Waals surface area contributed by atoms with Crippen LogP contribution in [0.5, 0.6) is 0 Å². The molecule has 1 fully saturated rings. The smallest absolute Gasteiger partial charge is 0.342 e. The molecule has 0 radical (unpaired) electrons. The summed E-state index contributed by atoms with van der Waals surface area (Å²) in [5.41, 5.74) is 7.19. The number of rotatable bonds is 4. The minimum absolute atomic E-state index is 0.297. The molecule has 0 atom stereocenters. The van der Waals surface area contributed by atoms with Gasteiger partial charge in [0, 0.05) is 37.4 Å². The molecule has 0 spiro atoms. The number of piperazine rings is 1. The van der Waals surface area contributed by atoms with Gasteiger partial charge in [-0.2, -0.15) is 0 Å². The van der Waals surface area contributed by atoms with Gasteiger partial charge in [0.05, 0.1) is 12.3 Å². The molecule has 6 nitrogen and oxygen atoms in total. The standard InChI is InChI=1S/C26H28N4O2/c1-3-32-26(31)23-22-13-10-19-6-4-5-7-21(19)24(22)27-28-25(23)30-16-14-29(15-17-30)20-11-8-18(2)9-12-20/h4-9,11-12H,3,10,13-17H2,1-2H3. The lowest BCUT2D eigenvalue weighted by atomic mass is 9.87. The Balaban J connectivity index is 1.47. The normalized spacial score (nSPS) is 15.2. The molecule has 32 heavy (non-hydrogen) atoms. The fraction of sp³-hybridized carbons (Fsp3) is 0.346. The highest BCUT2D eigenvalue weighted by molar-refractivity contribution is 5.98. The Morgan fingerprint density at radius 2 is 1.66 bits per heavy atom. The number of carbonyl (C=O) groups is 1. The van der Waals surface area contributed by atoms with Gasteiger partial charge in [-0.3, -0.25) is 0 Å². The zero-order chi connectivity index (χ0) is 22.1. The number of ether oxygens (including phenoxy) is 1. The lowest BCUT2D eigenvalue weighted by Gasteiger charge is -2.37. The van der Waals surface area contributed by atoms with E-state index >= 15 is 0 Å². The SMILES string of the molecule is CCOC(=O)c1c(N2CCN(c3ccc(C)cc3)CC2)nnc2c1CCc1ccccc1-2. The molecule has 0 unspecified atom stereocenters. The summed E-state index contributed by atoms with van der Waals surface area (Å²) in [6.45, 7) is 7.59. The topological polar surface area (TPSA) is 58.6 Å². The fourth-order valence-electron chi connectivity index (χ4n) is 4.72. The summed E-state index contributed by atoms with van der Waals surface area (Å²) in [7, 11) is 0. The summed E-state index contributed by atoms with van der Waals surface area (Å²) >= 11 is 0. The third-order valence-corrected chi connectivity index (χ3v) is 6.43. The Labute approximate surface area is 188 Å². The number of carbonyl (C=O) groups excluding carboxylic acids is 1. The van der Waals surface area contributed by atoms with Gasteiger partial charge in [0.2, 0.25) is 0 Å². The van der Waals surface area contributed by atoms with Gasteiger partial charge in [0.1, 0.15) is 5.56 Å². The Morgan fingerprint density at radius 3 is 2.41 bits per heavy atom. The first-order valence-electron chi connectivity index (χ1n) is 11.4. The van der Waals surface area contributed by atoms with Crippen molar-refractivity contribution in [3.63, 3.8) is 0 Å². The number of aryl methyl sites for hydroxylation is 2. The number of fused-ring (bicyclic) bond motifs is 3. The van der Waals surface area contributed by atoms with Crippen molar-refractivity contribution in [3.8, 4) is 11.3 Å². The van der Waals surface area contributed by atoms with Crippen molar-refractivity contribution in [2.75, 3.05) is 42.6 Å². The van der Waals surface area contributed by atoms with Gasteiger partial charge in [-0.1, -0.05) is 42.0 Å². The summed E-state index contributed by atoms with van der Waals surface area (Å²) in [6, 6.07) is 16.9. The van der Waals surface area contributed by atoms with E-state index in [0.717, 1.165) is 55.8 Å². The predicted octanol–water partition coefficient (Wildman–Crippen LogP) is 4.05. The van der Waals surface area contributed by atoms with E-state index in [9.17, 15) is 4.79 Å². The number of nitrogens with zero attached hydrogens (tertiary/aromatic N) is 4.